The molecule has 0 spiro atoms. The second kappa shape index (κ2) is 8.68. The van der Waals surface area contributed by atoms with Crippen molar-refractivity contribution in [3.63, 3.8) is 0 Å². The van der Waals surface area contributed by atoms with Crippen molar-refractivity contribution < 1.29 is 37.4 Å². The van der Waals surface area contributed by atoms with E-state index in [4.69, 9.17) is 13.7 Å². The largest absolute Gasteiger partial charge is 0.464 e. The Morgan fingerprint density at radius 1 is 1.07 bits per heavy atom. The maximum absolute atomic E-state index is 11.4. The van der Waals surface area contributed by atoms with Crippen molar-refractivity contribution in [1.29, 1.82) is 0 Å². The van der Waals surface area contributed by atoms with Gasteiger partial charge in [0.1, 0.15) is 23.7 Å². The van der Waals surface area contributed by atoms with E-state index < -0.39 is 47.2 Å². The van der Waals surface area contributed by atoms with E-state index in [9.17, 15) is 23.7 Å². The molecule has 2 unspecified atom stereocenters. The topological polar surface area (TPSA) is 123 Å². The van der Waals surface area contributed by atoms with Crippen LogP contribution in [0.4, 0.5) is 0 Å². The molecule has 9 heteroatoms. The van der Waals surface area contributed by atoms with Crippen LogP contribution in [0.3, 0.4) is 0 Å². The van der Waals surface area contributed by atoms with Gasteiger partial charge >= 0.3 is 10.1 Å². The van der Waals surface area contributed by atoms with Gasteiger partial charge in [0.05, 0.1) is 19.0 Å². The third kappa shape index (κ3) is 5.06. The Labute approximate surface area is 169 Å². The molecule has 0 bridgehead atoms. The molecule has 3 rings (SSSR count). The van der Waals surface area contributed by atoms with E-state index in [0.717, 1.165) is 6.26 Å². The van der Waals surface area contributed by atoms with E-state index in [-0.39, 0.29) is 5.75 Å². The average molecular weight is 424 g/mol. The van der Waals surface area contributed by atoms with E-state index >= 15 is 0 Å². The highest BCUT2D eigenvalue weighted by Crippen LogP contribution is 2.35. The molecule has 2 aromatic rings. The Bertz CT molecular complexity index is 943. The van der Waals surface area contributed by atoms with Gasteiger partial charge < -0.3 is 29.0 Å². The summed E-state index contributed by atoms with van der Waals surface area (Å²) >= 11 is 0. The molecule has 5 atom stereocenters. The summed E-state index contributed by atoms with van der Waals surface area (Å²) in [7, 11) is -3.66. The predicted molar refractivity (Wildman–Crippen MR) is 105 cm³/mol. The number of ether oxygens (including phenoxy) is 2. The summed E-state index contributed by atoms with van der Waals surface area (Å²) in [5.41, 5.74) is 1.31. The molecule has 0 radical (unpaired) electrons. The van der Waals surface area contributed by atoms with Crippen LogP contribution < -0.4 is 8.92 Å². The minimum Gasteiger partial charge on any atom is -0.464 e. The van der Waals surface area contributed by atoms with Crippen molar-refractivity contribution in [3.8, 4) is 22.6 Å². The highest BCUT2D eigenvalue weighted by atomic mass is 32.2. The number of aliphatic hydroxyl groups is 3. The fraction of sp³-hybridized carbons (Fsp3) is 0.400. The normalized spacial score (nSPS) is 27.4. The smallest absolute Gasteiger partial charge is 0.306 e. The highest BCUT2D eigenvalue weighted by molar-refractivity contribution is 7.86. The van der Waals surface area contributed by atoms with Crippen molar-refractivity contribution in [2.75, 3.05) is 12.9 Å². The lowest BCUT2D eigenvalue weighted by Crippen LogP contribution is -2.56. The Balaban J connectivity index is 1.89. The number of hydrogen-bond acceptors (Lipinski definition) is 8. The summed E-state index contributed by atoms with van der Waals surface area (Å²) in [6.07, 6.45) is -3.23. The second-order valence-corrected chi connectivity index (χ2v) is 8.57. The lowest BCUT2D eigenvalue weighted by Gasteiger charge is -2.40. The van der Waals surface area contributed by atoms with E-state index in [1.54, 1.807) is 49.4 Å². The van der Waals surface area contributed by atoms with Gasteiger partial charge in [-0.1, -0.05) is 37.3 Å². The van der Waals surface area contributed by atoms with Gasteiger partial charge in [0, 0.05) is 11.5 Å². The molecule has 1 heterocycles. The summed E-state index contributed by atoms with van der Waals surface area (Å²) in [5.74, 6) is 0.0443. The van der Waals surface area contributed by atoms with Crippen LogP contribution in [0, 0.1) is 5.92 Å². The molecular formula is C20H24O8S. The lowest BCUT2D eigenvalue weighted by molar-refractivity contribution is -0.256. The molecule has 0 amide bonds. The Kier molecular flexibility index (Phi) is 6.45. The first-order valence-electron chi connectivity index (χ1n) is 9.07. The number of hydrogen-bond donors (Lipinski definition) is 3. The quantitative estimate of drug-likeness (QED) is 0.590. The van der Waals surface area contributed by atoms with Crippen LogP contribution in [-0.4, -0.2) is 61.2 Å². The summed E-state index contributed by atoms with van der Waals surface area (Å²) in [5, 5.41) is 29.6. The third-order valence-corrected chi connectivity index (χ3v) is 5.21. The van der Waals surface area contributed by atoms with Crippen molar-refractivity contribution in [3.05, 3.63) is 48.5 Å². The molecule has 1 fully saturated rings. The van der Waals surface area contributed by atoms with E-state index in [2.05, 4.69) is 0 Å². The third-order valence-electron chi connectivity index (χ3n) is 4.71. The minimum absolute atomic E-state index is 0.168. The van der Waals surface area contributed by atoms with Gasteiger partial charge in [-0.25, -0.2) is 0 Å². The molecule has 158 valence electrons. The fourth-order valence-electron chi connectivity index (χ4n) is 3.18. The highest BCUT2D eigenvalue weighted by Gasteiger charge is 2.43. The minimum atomic E-state index is -3.66. The zero-order valence-corrected chi connectivity index (χ0v) is 16.8. The second-order valence-electron chi connectivity index (χ2n) is 7.00. The van der Waals surface area contributed by atoms with Gasteiger partial charge in [-0.2, -0.15) is 8.42 Å². The molecule has 1 saturated heterocycles. The average Bonchev–Trinajstić information content (AvgIpc) is 2.67. The summed E-state index contributed by atoms with van der Waals surface area (Å²) < 4.78 is 39.4. The first-order chi connectivity index (χ1) is 13.7. The van der Waals surface area contributed by atoms with Crippen LogP contribution in [0.1, 0.15) is 6.92 Å². The SMILES string of the molecule is CC1[C@H](Oc2ccccc2-c2cccc(OS(C)(=O)=O)c2)OC(CO)[C@H](O)[C@@H]1O. The van der Waals surface area contributed by atoms with Gasteiger partial charge in [-0.3, -0.25) is 0 Å². The Hall–Kier alpha value is -2.17. The summed E-state index contributed by atoms with van der Waals surface area (Å²) in [4.78, 5) is 0. The van der Waals surface area contributed by atoms with E-state index in [1.165, 1.54) is 6.07 Å². The number of benzene rings is 2. The first kappa shape index (κ1) is 21.5. The maximum atomic E-state index is 11.4. The molecular weight excluding hydrogens is 400 g/mol. The number of aliphatic hydroxyl groups excluding tert-OH is 3. The lowest BCUT2D eigenvalue weighted by atomic mass is 9.92. The predicted octanol–water partition coefficient (Wildman–Crippen LogP) is 1.15. The summed E-state index contributed by atoms with van der Waals surface area (Å²) in [6, 6.07) is 13.6. The first-order valence-corrected chi connectivity index (χ1v) is 10.9. The zero-order chi connectivity index (χ0) is 21.2. The van der Waals surface area contributed by atoms with Crippen LogP contribution >= 0.6 is 0 Å². The van der Waals surface area contributed by atoms with Crippen LogP contribution in [0.5, 0.6) is 11.5 Å². The van der Waals surface area contributed by atoms with Gasteiger partial charge in [-0.05, 0) is 23.8 Å². The molecule has 29 heavy (non-hydrogen) atoms. The molecule has 2 aromatic carbocycles. The molecule has 0 aliphatic carbocycles. The monoisotopic (exact) mass is 424 g/mol. The van der Waals surface area contributed by atoms with Crippen molar-refractivity contribution in [2.24, 2.45) is 5.92 Å². The molecule has 3 N–H and O–H groups in total. The van der Waals surface area contributed by atoms with Crippen LogP contribution in [0.2, 0.25) is 0 Å². The van der Waals surface area contributed by atoms with E-state index in [1.807, 2.05) is 0 Å². The molecule has 0 saturated carbocycles. The Morgan fingerprint density at radius 3 is 2.48 bits per heavy atom. The van der Waals surface area contributed by atoms with Crippen LogP contribution in [-0.2, 0) is 14.9 Å². The fourth-order valence-corrected chi connectivity index (χ4v) is 3.63. The van der Waals surface area contributed by atoms with Gasteiger partial charge in [0.2, 0.25) is 6.29 Å². The van der Waals surface area contributed by atoms with Gasteiger partial charge in [-0.15, -0.1) is 0 Å². The van der Waals surface area contributed by atoms with Gasteiger partial charge in [0.25, 0.3) is 0 Å². The van der Waals surface area contributed by atoms with Crippen molar-refractivity contribution in [1.82, 2.24) is 0 Å². The molecule has 8 nitrogen and oxygen atoms in total. The molecule has 0 aromatic heterocycles. The number of rotatable bonds is 6. The standard InChI is InChI=1S/C20H24O8S/c1-12-18(22)19(23)17(11-21)27-20(12)26-16-9-4-3-8-15(16)13-6-5-7-14(10-13)28-29(2,24)25/h3-10,12,17-23H,11H2,1-2H3/t12?,17?,18-,19+,20-/m1/s1. The van der Waals surface area contributed by atoms with E-state index in [0.29, 0.717) is 16.9 Å². The van der Waals surface area contributed by atoms with Crippen molar-refractivity contribution >= 4 is 10.1 Å². The maximum Gasteiger partial charge on any atom is 0.306 e. The van der Waals surface area contributed by atoms with Crippen LogP contribution in [0.15, 0.2) is 48.5 Å². The number of para-hydroxylation sites is 1. The molecule has 1 aliphatic rings. The van der Waals surface area contributed by atoms with Crippen molar-refractivity contribution in [2.45, 2.75) is 31.5 Å². The van der Waals surface area contributed by atoms with Gasteiger partial charge in [0.15, 0.2) is 0 Å². The summed E-state index contributed by atoms with van der Waals surface area (Å²) in [6.45, 7) is 1.21. The van der Waals surface area contributed by atoms with Crippen LogP contribution in [0.25, 0.3) is 11.1 Å². The molecule has 1 aliphatic heterocycles. The zero-order valence-electron chi connectivity index (χ0n) is 16.0. The Morgan fingerprint density at radius 2 is 1.79 bits per heavy atom.